The van der Waals surface area contributed by atoms with E-state index in [-0.39, 0.29) is 12.6 Å². The van der Waals surface area contributed by atoms with Gasteiger partial charge in [0.2, 0.25) is 0 Å². The minimum atomic E-state index is -0.303. The van der Waals surface area contributed by atoms with E-state index in [0.29, 0.717) is 12.5 Å². The fourth-order valence-electron chi connectivity index (χ4n) is 1.30. The predicted molar refractivity (Wildman–Crippen MR) is 43.8 cm³/mol. The molecule has 0 aliphatic carbocycles. The number of likely N-dealkylation sites (tertiary alicyclic amines) is 1. The van der Waals surface area contributed by atoms with Gasteiger partial charge in [0.1, 0.15) is 6.61 Å². The summed E-state index contributed by atoms with van der Waals surface area (Å²) in [5, 5.41) is 0. The van der Waals surface area contributed by atoms with E-state index in [0.717, 1.165) is 13.1 Å². The molecule has 0 saturated carbocycles. The summed E-state index contributed by atoms with van der Waals surface area (Å²) in [7, 11) is 3.43. The van der Waals surface area contributed by atoms with Crippen molar-refractivity contribution in [2.75, 3.05) is 40.5 Å². The van der Waals surface area contributed by atoms with Gasteiger partial charge >= 0.3 is 5.97 Å². The average Bonchev–Trinajstić information content (AvgIpc) is 2.01. The van der Waals surface area contributed by atoms with Crippen LogP contribution in [0.4, 0.5) is 0 Å². The molecule has 0 aromatic heterocycles. The lowest BCUT2D eigenvalue weighted by molar-refractivity contribution is -0.146. The van der Waals surface area contributed by atoms with Crippen molar-refractivity contribution in [1.29, 1.82) is 0 Å². The van der Waals surface area contributed by atoms with E-state index in [2.05, 4.69) is 16.7 Å². The van der Waals surface area contributed by atoms with Crippen molar-refractivity contribution in [1.82, 2.24) is 4.90 Å². The Morgan fingerprint density at radius 3 is 2.75 bits per heavy atom. The molecule has 4 nitrogen and oxygen atoms in total. The molecule has 0 N–H and O–H groups in total. The number of hydrogen-bond acceptors (Lipinski definition) is 4. The Hall–Kier alpha value is -0.610. The topological polar surface area (TPSA) is 38.8 Å². The second kappa shape index (κ2) is 4.42. The van der Waals surface area contributed by atoms with Crippen molar-refractivity contribution in [3.05, 3.63) is 0 Å². The van der Waals surface area contributed by atoms with Gasteiger partial charge in [0, 0.05) is 19.0 Å². The van der Waals surface area contributed by atoms with Gasteiger partial charge in [0.15, 0.2) is 0 Å². The summed E-state index contributed by atoms with van der Waals surface area (Å²) >= 11 is 0. The number of hydrogen-bond donors (Lipinski definition) is 0. The van der Waals surface area contributed by atoms with Gasteiger partial charge in [-0.05, 0) is 7.05 Å². The Balaban J connectivity index is 1.93. The molecule has 0 spiro atoms. The second-order valence-electron chi connectivity index (χ2n) is 3.18. The summed E-state index contributed by atoms with van der Waals surface area (Å²) in [4.78, 5) is 12.8. The van der Waals surface area contributed by atoms with Crippen molar-refractivity contribution >= 4 is 5.97 Å². The molecule has 1 fully saturated rings. The van der Waals surface area contributed by atoms with Crippen LogP contribution in [-0.2, 0) is 14.3 Å². The molecule has 1 aliphatic rings. The lowest BCUT2D eigenvalue weighted by atomic mass is 10.0. The maximum Gasteiger partial charge on any atom is 0.331 e. The smallest absolute Gasteiger partial charge is 0.331 e. The van der Waals surface area contributed by atoms with Crippen LogP contribution in [0.1, 0.15) is 0 Å². The largest absolute Gasteiger partial charge is 0.467 e. The summed E-state index contributed by atoms with van der Waals surface area (Å²) < 4.78 is 9.57. The van der Waals surface area contributed by atoms with Gasteiger partial charge in [-0.3, -0.25) is 0 Å². The van der Waals surface area contributed by atoms with Gasteiger partial charge in [-0.25, -0.2) is 4.79 Å². The minimum Gasteiger partial charge on any atom is -0.467 e. The first kappa shape index (κ1) is 9.48. The van der Waals surface area contributed by atoms with E-state index >= 15 is 0 Å². The number of esters is 1. The molecule has 0 atom stereocenters. The first-order valence-corrected chi connectivity index (χ1v) is 4.05. The van der Waals surface area contributed by atoms with Crippen LogP contribution in [0.15, 0.2) is 0 Å². The number of ether oxygens (including phenoxy) is 2. The van der Waals surface area contributed by atoms with E-state index in [4.69, 9.17) is 4.74 Å². The van der Waals surface area contributed by atoms with Gasteiger partial charge in [0.05, 0.1) is 13.7 Å². The highest BCUT2D eigenvalue weighted by Gasteiger charge is 2.23. The summed E-state index contributed by atoms with van der Waals surface area (Å²) in [5.41, 5.74) is 0. The molecule has 1 saturated heterocycles. The molecule has 4 heteroatoms. The van der Waals surface area contributed by atoms with Gasteiger partial charge in [0.25, 0.3) is 0 Å². The third kappa shape index (κ3) is 2.79. The van der Waals surface area contributed by atoms with Crippen LogP contribution in [-0.4, -0.2) is 51.3 Å². The molecule has 0 radical (unpaired) electrons. The van der Waals surface area contributed by atoms with E-state index in [1.165, 1.54) is 7.11 Å². The monoisotopic (exact) mass is 173 g/mol. The molecule has 70 valence electrons. The fourth-order valence-corrected chi connectivity index (χ4v) is 1.30. The van der Waals surface area contributed by atoms with Crippen LogP contribution in [0.3, 0.4) is 0 Å². The van der Waals surface area contributed by atoms with Gasteiger partial charge in [-0.15, -0.1) is 0 Å². The lowest BCUT2D eigenvalue weighted by Gasteiger charge is -2.35. The number of rotatable bonds is 4. The van der Waals surface area contributed by atoms with Crippen LogP contribution in [0.5, 0.6) is 0 Å². The molecule has 0 unspecified atom stereocenters. The Kier molecular flexibility index (Phi) is 3.49. The molecule has 0 bridgehead atoms. The van der Waals surface area contributed by atoms with Crippen molar-refractivity contribution in [2.45, 2.75) is 0 Å². The fraction of sp³-hybridized carbons (Fsp3) is 0.875. The maximum atomic E-state index is 10.6. The van der Waals surface area contributed by atoms with Crippen LogP contribution >= 0.6 is 0 Å². The summed E-state index contributed by atoms with van der Waals surface area (Å²) in [5.74, 6) is 0.294. The van der Waals surface area contributed by atoms with Crippen molar-refractivity contribution in [3.63, 3.8) is 0 Å². The predicted octanol–water partition coefficient (Wildman–Crippen LogP) is -0.262. The van der Waals surface area contributed by atoms with Crippen molar-refractivity contribution in [2.24, 2.45) is 5.92 Å². The third-order valence-corrected chi connectivity index (χ3v) is 1.94. The molecule has 0 amide bonds. The second-order valence-corrected chi connectivity index (χ2v) is 3.18. The van der Waals surface area contributed by atoms with Crippen molar-refractivity contribution in [3.8, 4) is 0 Å². The molecule has 1 heterocycles. The SMILES string of the molecule is COC(=O)COCC1CN(C)C1. The zero-order valence-electron chi connectivity index (χ0n) is 7.58. The molecule has 0 aromatic rings. The highest BCUT2D eigenvalue weighted by molar-refractivity contribution is 5.70. The van der Waals surface area contributed by atoms with Crippen LogP contribution in [0.2, 0.25) is 0 Å². The van der Waals surface area contributed by atoms with Gasteiger partial charge < -0.3 is 14.4 Å². The van der Waals surface area contributed by atoms with Crippen LogP contribution in [0.25, 0.3) is 0 Å². The van der Waals surface area contributed by atoms with Crippen molar-refractivity contribution < 1.29 is 14.3 Å². The number of carbonyl (C=O) groups is 1. The van der Waals surface area contributed by atoms with E-state index in [9.17, 15) is 4.79 Å². The lowest BCUT2D eigenvalue weighted by Crippen LogP contribution is -2.46. The maximum absolute atomic E-state index is 10.6. The quantitative estimate of drug-likeness (QED) is 0.549. The Morgan fingerprint density at radius 1 is 1.58 bits per heavy atom. The highest BCUT2D eigenvalue weighted by atomic mass is 16.6. The highest BCUT2D eigenvalue weighted by Crippen LogP contribution is 2.12. The summed E-state index contributed by atoms with van der Waals surface area (Å²) in [6.45, 7) is 2.89. The minimum absolute atomic E-state index is 0.0801. The average molecular weight is 173 g/mol. The molecule has 1 rings (SSSR count). The Bertz CT molecular complexity index is 154. The molecular weight excluding hydrogens is 158 g/mol. The van der Waals surface area contributed by atoms with E-state index in [1.807, 2.05) is 0 Å². The first-order valence-electron chi connectivity index (χ1n) is 4.05. The normalized spacial score (nSPS) is 18.8. The number of carbonyl (C=O) groups excluding carboxylic acids is 1. The third-order valence-electron chi connectivity index (χ3n) is 1.94. The number of nitrogens with zero attached hydrogens (tertiary/aromatic N) is 1. The summed E-state index contributed by atoms with van der Waals surface area (Å²) in [6, 6.07) is 0. The standard InChI is InChI=1S/C8H15NO3/c1-9-3-7(4-9)5-12-6-8(10)11-2/h7H,3-6H2,1-2H3. The Labute approximate surface area is 72.4 Å². The van der Waals surface area contributed by atoms with Crippen LogP contribution in [0, 0.1) is 5.92 Å². The van der Waals surface area contributed by atoms with E-state index < -0.39 is 0 Å². The zero-order valence-corrected chi connectivity index (χ0v) is 7.58. The van der Waals surface area contributed by atoms with Crippen LogP contribution < -0.4 is 0 Å². The van der Waals surface area contributed by atoms with Gasteiger partial charge in [-0.1, -0.05) is 0 Å². The molecule has 12 heavy (non-hydrogen) atoms. The molecule has 1 aliphatic heterocycles. The first-order chi connectivity index (χ1) is 5.72. The molecular formula is C8H15NO3. The van der Waals surface area contributed by atoms with E-state index in [1.54, 1.807) is 0 Å². The van der Waals surface area contributed by atoms with Gasteiger partial charge in [-0.2, -0.15) is 0 Å². The summed E-state index contributed by atoms with van der Waals surface area (Å²) in [6.07, 6.45) is 0. The number of methoxy groups -OCH3 is 1. The molecule has 0 aromatic carbocycles. The zero-order chi connectivity index (χ0) is 8.97. The Morgan fingerprint density at radius 2 is 2.25 bits per heavy atom.